The van der Waals surface area contributed by atoms with Gasteiger partial charge in [-0.05, 0) is 23.3 Å². The van der Waals surface area contributed by atoms with Gasteiger partial charge < -0.3 is 0 Å². The number of carbonyl (C=O) groups is 1. The van der Waals surface area contributed by atoms with Crippen LogP contribution in [0.25, 0.3) is 10.8 Å². The summed E-state index contributed by atoms with van der Waals surface area (Å²) < 4.78 is 26.1. The maximum Gasteiger partial charge on any atom is 0.258 e. The van der Waals surface area contributed by atoms with Crippen molar-refractivity contribution in [2.75, 3.05) is 17.6 Å². The lowest BCUT2D eigenvalue weighted by Gasteiger charge is -2.27. The zero-order valence-electron chi connectivity index (χ0n) is 16.1. The molecule has 0 unspecified atom stereocenters. The number of benzene rings is 2. The van der Waals surface area contributed by atoms with Crippen LogP contribution in [0.5, 0.6) is 0 Å². The standard InChI is InChI=1S/C21H22N4O3S/c1-2-12-29(27,28)25-11-10-19-16(14-25)13-22-21(23-19)24-20(26)18-9-5-7-15-6-3-4-8-17(15)18/h3-9,13H,2,10-12,14H2,1H3,(H,22,23,24,26). The van der Waals surface area contributed by atoms with Gasteiger partial charge in [0, 0.05) is 36.8 Å². The number of carbonyl (C=O) groups excluding carboxylic acids is 1. The van der Waals surface area contributed by atoms with Gasteiger partial charge in [0.05, 0.1) is 11.4 Å². The summed E-state index contributed by atoms with van der Waals surface area (Å²) in [5, 5.41) is 4.62. The fourth-order valence-electron chi connectivity index (χ4n) is 3.57. The number of hydrogen-bond donors (Lipinski definition) is 1. The zero-order valence-corrected chi connectivity index (χ0v) is 16.9. The van der Waals surface area contributed by atoms with Crippen molar-refractivity contribution in [2.45, 2.75) is 26.3 Å². The van der Waals surface area contributed by atoms with Gasteiger partial charge >= 0.3 is 0 Å². The van der Waals surface area contributed by atoms with Crippen LogP contribution in [0, 0.1) is 0 Å². The number of fused-ring (bicyclic) bond motifs is 2. The Morgan fingerprint density at radius 1 is 1.17 bits per heavy atom. The van der Waals surface area contributed by atoms with E-state index in [1.165, 1.54) is 4.31 Å². The molecule has 0 spiro atoms. The molecule has 0 atom stereocenters. The molecule has 4 rings (SSSR count). The van der Waals surface area contributed by atoms with Crippen LogP contribution < -0.4 is 5.32 Å². The van der Waals surface area contributed by atoms with E-state index in [-0.39, 0.29) is 24.2 Å². The van der Waals surface area contributed by atoms with E-state index in [0.29, 0.717) is 24.9 Å². The predicted octanol–water partition coefficient (Wildman–Crippen LogP) is 2.98. The fraction of sp³-hybridized carbons (Fsp3) is 0.286. The SMILES string of the molecule is CCCS(=O)(=O)N1CCc2nc(NC(=O)c3cccc4ccccc34)ncc2C1. The van der Waals surface area contributed by atoms with Crippen molar-refractivity contribution in [3.8, 4) is 0 Å². The normalized spacial score (nSPS) is 14.5. The number of amides is 1. The molecule has 0 saturated heterocycles. The van der Waals surface area contributed by atoms with E-state index < -0.39 is 10.0 Å². The molecular weight excluding hydrogens is 388 g/mol. The largest absolute Gasteiger partial charge is 0.290 e. The molecule has 1 aliphatic rings. The molecule has 1 N–H and O–H groups in total. The van der Waals surface area contributed by atoms with Crippen LogP contribution in [-0.2, 0) is 23.0 Å². The van der Waals surface area contributed by atoms with Crippen molar-refractivity contribution in [3.63, 3.8) is 0 Å². The van der Waals surface area contributed by atoms with Crippen LogP contribution in [0.3, 0.4) is 0 Å². The van der Waals surface area contributed by atoms with E-state index in [1.807, 2.05) is 43.3 Å². The molecule has 1 amide bonds. The topological polar surface area (TPSA) is 92.3 Å². The van der Waals surface area contributed by atoms with Gasteiger partial charge in [-0.2, -0.15) is 4.31 Å². The van der Waals surface area contributed by atoms with Crippen LogP contribution in [0.15, 0.2) is 48.7 Å². The smallest absolute Gasteiger partial charge is 0.258 e. The summed E-state index contributed by atoms with van der Waals surface area (Å²) in [6, 6.07) is 13.3. The zero-order chi connectivity index (χ0) is 20.4. The minimum absolute atomic E-state index is 0.141. The van der Waals surface area contributed by atoms with Crippen molar-refractivity contribution < 1.29 is 13.2 Å². The fourth-order valence-corrected chi connectivity index (χ4v) is 5.05. The molecule has 3 aromatic rings. The maximum atomic E-state index is 12.8. The lowest BCUT2D eigenvalue weighted by atomic mass is 10.0. The predicted molar refractivity (Wildman–Crippen MR) is 112 cm³/mol. The van der Waals surface area contributed by atoms with Crippen molar-refractivity contribution in [1.29, 1.82) is 0 Å². The number of nitrogens with one attached hydrogen (secondary N) is 1. The highest BCUT2D eigenvalue weighted by Gasteiger charge is 2.27. The molecule has 7 nitrogen and oxygen atoms in total. The number of aromatic nitrogens is 2. The number of anilines is 1. The van der Waals surface area contributed by atoms with E-state index in [4.69, 9.17) is 0 Å². The summed E-state index contributed by atoms with van der Waals surface area (Å²) in [5.41, 5.74) is 2.11. The molecule has 2 heterocycles. The van der Waals surface area contributed by atoms with E-state index in [1.54, 1.807) is 12.3 Å². The first kappa shape index (κ1) is 19.5. The third-order valence-corrected chi connectivity index (χ3v) is 7.04. The Kier molecular flexibility index (Phi) is 5.29. The lowest BCUT2D eigenvalue weighted by molar-refractivity contribution is 0.102. The first-order valence-electron chi connectivity index (χ1n) is 9.59. The molecule has 0 aliphatic carbocycles. The molecule has 0 radical (unpaired) electrons. The highest BCUT2D eigenvalue weighted by atomic mass is 32.2. The van der Waals surface area contributed by atoms with Gasteiger partial charge in [0.1, 0.15) is 0 Å². The Bertz CT molecular complexity index is 1170. The van der Waals surface area contributed by atoms with Crippen molar-refractivity contribution in [2.24, 2.45) is 0 Å². The summed E-state index contributed by atoms with van der Waals surface area (Å²) in [6.45, 7) is 2.52. The van der Waals surface area contributed by atoms with Gasteiger partial charge in [-0.1, -0.05) is 43.3 Å². The second kappa shape index (κ2) is 7.88. The van der Waals surface area contributed by atoms with Crippen LogP contribution in [-0.4, -0.2) is 40.9 Å². The molecule has 1 aliphatic heterocycles. The van der Waals surface area contributed by atoms with E-state index in [0.717, 1.165) is 22.0 Å². The Morgan fingerprint density at radius 2 is 1.97 bits per heavy atom. The maximum absolute atomic E-state index is 12.8. The molecule has 29 heavy (non-hydrogen) atoms. The summed E-state index contributed by atoms with van der Waals surface area (Å²) in [5.74, 6) is 0.0961. The van der Waals surface area contributed by atoms with E-state index in [2.05, 4.69) is 15.3 Å². The van der Waals surface area contributed by atoms with Gasteiger partial charge in [-0.3, -0.25) is 10.1 Å². The first-order valence-corrected chi connectivity index (χ1v) is 11.2. The Hall–Kier alpha value is -2.84. The second-order valence-corrected chi connectivity index (χ2v) is 9.13. The third kappa shape index (κ3) is 3.99. The van der Waals surface area contributed by atoms with Gasteiger partial charge in [-0.25, -0.2) is 18.4 Å². The second-order valence-electron chi connectivity index (χ2n) is 7.05. The Labute approximate surface area is 169 Å². The number of hydrogen-bond acceptors (Lipinski definition) is 5. The molecule has 0 fully saturated rings. The third-order valence-electron chi connectivity index (χ3n) is 5.01. The lowest BCUT2D eigenvalue weighted by Crippen LogP contribution is -2.37. The van der Waals surface area contributed by atoms with Crippen LogP contribution >= 0.6 is 0 Å². The average molecular weight is 410 g/mol. The van der Waals surface area contributed by atoms with Crippen LogP contribution in [0.4, 0.5) is 5.95 Å². The number of nitrogens with zero attached hydrogens (tertiary/aromatic N) is 3. The van der Waals surface area contributed by atoms with E-state index in [9.17, 15) is 13.2 Å². The number of sulfonamides is 1. The minimum atomic E-state index is -3.25. The van der Waals surface area contributed by atoms with Gasteiger partial charge in [0.15, 0.2) is 0 Å². The Morgan fingerprint density at radius 3 is 2.79 bits per heavy atom. The summed E-state index contributed by atoms with van der Waals surface area (Å²) in [6.07, 6.45) is 2.69. The average Bonchev–Trinajstić information content (AvgIpc) is 2.72. The molecular formula is C21H22N4O3S. The van der Waals surface area contributed by atoms with E-state index >= 15 is 0 Å². The summed E-state index contributed by atoms with van der Waals surface area (Å²) in [4.78, 5) is 21.5. The van der Waals surface area contributed by atoms with Gasteiger partial charge in [-0.15, -0.1) is 0 Å². The molecule has 0 bridgehead atoms. The number of rotatable bonds is 5. The van der Waals surface area contributed by atoms with Crippen molar-refractivity contribution in [1.82, 2.24) is 14.3 Å². The molecule has 0 saturated carbocycles. The van der Waals surface area contributed by atoms with Gasteiger partial charge in [0.25, 0.3) is 5.91 Å². The van der Waals surface area contributed by atoms with Crippen molar-refractivity contribution >= 4 is 32.7 Å². The van der Waals surface area contributed by atoms with Crippen molar-refractivity contribution in [3.05, 3.63) is 65.5 Å². The summed E-state index contributed by atoms with van der Waals surface area (Å²) >= 11 is 0. The first-order chi connectivity index (χ1) is 14.0. The highest BCUT2D eigenvalue weighted by molar-refractivity contribution is 7.89. The molecule has 8 heteroatoms. The highest BCUT2D eigenvalue weighted by Crippen LogP contribution is 2.22. The quantitative estimate of drug-likeness (QED) is 0.698. The molecule has 150 valence electrons. The van der Waals surface area contributed by atoms with Crippen LogP contribution in [0.1, 0.15) is 35.0 Å². The summed E-state index contributed by atoms with van der Waals surface area (Å²) in [7, 11) is -3.25. The minimum Gasteiger partial charge on any atom is -0.290 e. The Balaban J connectivity index is 1.54. The van der Waals surface area contributed by atoms with Crippen LogP contribution in [0.2, 0.25) is 0 Å². The molecule has 1 aromatic heterocycles. The van der Waals surface area contributed by atoms with Gasteiger partial charge in [0.2, 0.25) is 16.0 Å². The monoisotopic (exact) mass is 410 g/mol. The molecule has 2 aromatic carbocycles.